The average molecular weight is 347 g/mol. The van der Waals surface area contributed by atoms with Crippen LogP contribution >= 0.6 is 0 Å². The Kier molecular flexibility index (Phi) is 7.12. The Morgan fingerprint density at radius 1 is 0.846 bits per heavy atom. The SMILES string of the molecule is CC=CCCc1ccc(-c2ccc(C3CCC(CCC)CC3)cc2)cc1. The quantitative estimate of drug-likeness (QED) is 0.446. The molecule has 0 bridgehead atoms. The Hall–Kier alpha value is -1.82. The first-order chi connectivity index (χ1) is 12.8. The summed E-state index contributed by atoms with van der Waals surface area (Å²) >= 11 is 0. The first kappa shape index (κ1) is 19.0. The zero-order valence-corrected chi connectivity index (χ0v) is 16.6. The van der Waals surface area contributed by atoms with E-state index in [0.717, 1.165) is 24.7 Å². The van der Waals surface area contributed by atoms with Gasteiger partial charge < -0.3 is 0 Å². The standard InChI is InChI=1S/C26H34/c1-3-5-6-8-22-11-15-24(16-12-22)26-19-17-25(18-20-26)23-13-9-21(7-4-2)10-14-23/h3,5,11-12,15-21,23H,4,6-10,13-14H2,1-2H3. The van der Waals surface area contributed by atoms with E-state index in [0.29, 0.717) is 0 Å². The van der Waals surface area contributed by atoms with E-state index in [1.165, 1.54) is 55.2 Å². The molecular formula is C26H34. The van der Waals surface area contributed by atoms with Gasteiger partial charge >= 0.3 is 0 Å². The van der Waals surface area contributed by atoms with Crippen LogP contribution < -0.4 is 0 Å². The zero-order valence-electron chi connectivity index (χ0n) is 16.6. The van der Waals surface area contributed by atoms with Gasteiger partial charge in [-0.1, -0.05) is 80.4 Å². The van der Waals surface area contributed by atoms with Gasteiger partial charge in [-0.2, -0.15) is 0 Å². The molecule has 0 aromatic heterocycles. The van der Waals surface area contributed by atoms with Gasteiger partial charge in [0, 0.05) is 0 Å². The van der Waals surface area contributed by atoms with Crippen LogP contribution in [-0.4, -0.2) is 0 Å². The van der Waals surface area contributed by atoms with Gasteiger partial charge in [-0.15, -0.1) is 0 Å². The highest BCUT2D eigenvalue weighted by atomic mass is 14.3. The van der Waals surface area contributed by atoms with Gasteiger partial charge in [0.05, 0.1) is 0 Å². The van der Waals surface area contributed by atoms with Gasteiger partial charge in [0.2, 0.25) is 0 Å². The van der Waals surface area contributed by atoms with Crippen molar-refractivity contribution in [2.24, 2.45) is 5.92 Å². The molecule has 1 aliphatic rings. The molecule has 1 fully saturated rings. The van der Waals surface area contributed by atoms with E-state index in [2.05, 4.69) is 74.5 Å². The van der Waals surface area contributed by atoms with Crippen molar-refractivity contribution >= 4 is 0 Å². The third kappa shape index (κ3) is 5.10. The fourth-order valence-electron chi connectivity index (χ4n) is 4.42. The minimum Gasteiger partial charge on any atom is -0.0917 e. The minimum absolute atomic E-state index is 0.783. The summed E-state index contributed by atoms with van der Waals surface area (Å²) in [5, 5.41) is 0. The molecule has 0 heteroatoms. The van der Waals surface area contributed by atoms with E-state index in [4.69, 9.17) is 0 Å². The van der Waals surface area contributed by atoms with Crippen LogP contribution in [0.2, 0.25) is 0 Å². The fourth-order valence-corrected chi connectivity index (χ4v) is 4.42. The second-order valence-corrected chi connectivity index (χ2v) is 7.93. The number of allylic oxidation sites excluding steroid dienone is 2. The van der Waals surface area contributed by atoms with E-state index < -0.39 is 0 Å². The first-order valence-corrected chi connectivity index (χ1v) is 10.6. The third-order valence-electron chi connectivity index (χ3n) is 6.05. The Balaban J connectivity index is 1.59. The Bertz CT molecular complexity index is 667. The molecule has 3 rings (SSSR count). The summed E-state index contributed by atoms with van der Waals surface area (Å²) in [5.74, 6) is 1.77. The van der Waals surface area contributed by atoms with Crippen molar-refractivity contribution in [3.63, 3.8) is 0 Å². The Morgan fingerprint density at radius 2 is 1.46 bits per heavy atom. The summed E-state index contributed by atoms with van der Waals surface area (Å²) in [6, 6.07) is 18.5. The van der Waals surface area contributed by atoms with E-state index >= 15 is 0 Å². The molecule has 0 atom stereocenters. The number of hydrogen-bond donors (Lipinski definition) is 0. The molecule has 0 amide bonds. The van der Waals surface area contributed by atoms with Crippen LogP contribution in [-0.2, 0) is 6.42 Å². The molecule has 0 N–H and O–H groups in total. The molecular weight excluding hydrogens is 312 g/mol. The lowest BCUT2D eigenvalue weighted by Crippen LogP contribution is -2.13. The van der Waals surface area contributed by atoms with Crippen molar-refractivity contribution < 1.29 is 0 Å². The van der Waals surface area contributed by atoms with Crippen LogP contribution in [0.25, 0.3) is 11.1 Å². The van der Waals surface area contributed by atoms with Crippen LogP contribution in [0.5, 0.6) is 0 Å². The summed E-state index contributed by atoms with van der Waals surface area (Å²) in [6.45, 7) is 4.41. The molecule has 26 heavy (non-hydrogen) atoms. The van der Waals surface area contributed by atoms with Gasteiger partial charge in [0.25, 0.3) is 0 Å². The molecule has 0 spiro atoms. The lowest BCUT2D eigenvalue weighted by Gasteiger charge is -2.28. The predicted molar refractivity (Wildman–Crippen MR) is 115 cm³/mol. The van der Waals surface area contributed by atoms with Gasteiger partial charge in [0.15, 0.2) is 0 Å². The highest BCUT2D eigenvalue weighted by Gasteiger charge is 2.21. The highest BCUT2D eigenvalue weighted by Crippen LogP contribution is 2.38. The van der Waals surface area contributed by atoms with Crippen molar-refractivity contribution in [2.75, 3.05) is 0 Å². The largest absolute Gasteiger partial charge is 0.0917 e. The maximum atomic E-state index is 2.38. The molecule has 0 nitrogen and oxygen atoms in total. The highest BCUT2D eigenvalue weighted by molar-refractivity contribution is 5.64. The van der Waals surface area contributed by atoms with Gasteiger partial charge in [0.1, 0.15) is 0 Å². The van der Waals surface area contributed by atoms with Crippen molar-refractivity contribution in [3.05, 3.63) is 71.8 Å². The maximum absolute atomic E-state index is 2.38. The number of benzene rings is 2. The van der Waals surface area contributed by atoms with E-state index in [1.54, 1.807) is 5.56 Å². The summed E-state index contributed by atoms with van der Waals surface area (Å²) in [7, 11) is 0. The summed E-state index contributed by atoms with van der Waals surface area (Å²) in [4.78, 5) is 0. The van der Waals surface area contributed by atoms with E-state index in [-0.39, 0.29) is 0 Å². The van der Waals surface area contributed by atoms with Crippen molar-refractivity contribution in [3.8, 4) is 11.1 Å². The topological polar surface area (TPSA) is 0 Å². The molecule has 0 radical (unpaired) electrons. The summed E-state index contributed by atoms with van der Waals surface area (Å²) in [6.07, 6.45) is 15.0. The third-order valence-corrected chi connectivity index (χ3v) is 6.05. The number of aryl methyl sites for hydroxylation is 1. The van der Waals surface area contributed by atoms with E-state index in [1.807, 2.05) is 0 Å². The van der Waals surface area contributed by atoms with Crippen molar-refractivity contribution in [1.82, 2.24) is 0 Å². The molecule has 0 heterocycles. The first-order valence-electron chi connectivity index (χ1n) is 10.6. The molecule has 0 saturated heterocycles. The second-order valence-electron chi connectivity index (χ2n) is 7.93. The summed E-state index contributed by atoms with van der Waals surface area (Å²) in [5.41, 5.74) is 5.64. The van der Waals surface area contributed by atoms with E-state index in [9.17, 15) is 0 Å². The molecule has 1 aliphatic carbocycles. The number of hydrogen-bond acceptors (Lipinski definition) is 0. The molecule has 2 aromatic rings. The van der Waals surface area contributed by atoms with Gasteiger partial charge in [-0.05, 0) is 79.5 Å². The normalized spacial score (nSPS) is 20.5. The molecule has 0 aliphatic heterocycles. The Labute approximate surface area is 160 Å². The van der Waals surface area contributed by atoms with Crippen LogP contribution in [0.4, 0.5) is 0 Å². The predicted octanol–water partition coefficient (Wildman–Crippen LogP) is 7.94. The smallest absolute Gasteiger partial charge is 0.0162 e. The monoisotopic (exact) mass is 346 g/mol. The Morgan fingerprint density at radius 3 is 2.04 bits per heavy atom. The van der Waals surface area contributed by atoms with Crippen LogP contribution in [0.15, 0.2) is 60.7 Å². The number of rotatable bonds is 7. The fraction of sp³-hybridized carbons (Fsp3) is 0.462. The maximum Gasteiger partial charge on any atom is -0.0162 e. The van der Waals surface area contributed by atoms with Gasteiger partial charge in [-0.25, -0.2) is 0 Å². The average Bonchev–Trinajstić information content (AvgIpc) is 2.70. The molecule has 2 aromatic carbocycles. The summed E-state index contributed by atoms with van der Waals surface area (Å²) < 4.78 is 0. The zero-order chi connectivity index (χ0) is 18.2. The second kappa shape index (κ2) is 9.76. The van der Waals surface area contributed by atoms with Crippen LogP contribution in [0.3, 0.4) is 0 Å². The van der Waals surface area contributed by atoms with Crippen LogP contribution in [0, 0.1) is 5.92 Å². The van der Waals surface area contributed by atoms with Crippen molar-refractivity contribution in [1.29, 1.82) is 0 Å². The molecule has 0 unspecified atom stereocenters. The minimum atomic E-state index is 0.783. The lowest BCUT2D eigenvalue weighted by molar-refractivity contribution is 0.308. The molecule has 138 valence electrons. The van der Waals surface area contributed by atoms with Crippen LogP contribution in [0.1, 0.15) is 75.8 Å². The lowest BCUT2D eigenvalue weighted by atomic mass is 9.77. The van der Waals surface area contributed by atoms with Gasteiger partial charge in [-0.3, -0.25) is 0 Å². The molecule has 1 saturated carbocycles. The van der Waals surface area contributed by atoms with Crippen molar-refractivity contribution in [2.45, 2.75) is 71.1 Å².